The molecule has 0 radical (unpaired) electrons. The Kier molecular flexibility index (Phi) is 3.31. The molecule has 0 fully saturated rings. The van der Waals surface area contributed by atoms with Crippen molar-refractivity contribution in [2.75, 3.05) is 0 Å². The van der Waals surface area contributed by atoms with Crippen LogP contribution in [0.3, 0.4) is 0 Å². The van der Waals surface area contributed by atoms with E-state index in [-0.39, 0.29) is 0 Å². The van der Waals surface area contributed by atoms with Crippen molar-refractivity contribution in [3.05, 3.63) is 17.0 Å². The lowest BCUT2D eigenvalue weighted by molar-refractivity contribution is 0.398. The molecule has 0 saturated heterocycles. The molecule has 0 aliphatic carbocycles. The summed E-state index contributed by atoms with van der Waals surface area (Å²) in [6.07, 6.45) is 1.68. The van der Waals surface area contributed by atoms with Crippen molar-refractivity contribution in [1.29, 1.82) is 0 Å². The Balaban J connectivity index is 2.11. The summed E-state index contributed by atoms with van der Waals surface area (Å²) in [5.74, 6) is 0.777. The van der Waals surface area contributed by atoms with E-state index in [9.17, 15) is 0 Å². The molecule has 0 atom stereocenters. The van der Waals surface area contributed by atoms with Crippen LogP contribution < -0.4 is 5.32 Å². The van der Waals surface area contributed by atoms with Gasteiger partial charge in [-0.2, -0.15) is 0 Å². The third kappa shape index (κ3) is 2.45. The van der Waals surface area contributed by atoms with Gasteiger partial charge in [-0.15, -0.1) is 10.2 Å². The van der Waals surface area contributed by atoms with E-state index >= 15 is 0 Å². The Morgan fingerprint density at radius 3 is 2.88 bits per heavy atom. The minimum absolute atomic E-state index is 0.449. The van der Waals surface area contributed by atoms with Gasteiger partial charge in [-0.3, -0.25) is 0 Å². The molecular weight excluding hydrogens is 224 g/mol. The fourth-order valence-corrected chi connectivity index (χ4v) is 2.08. The van der Waals surface area contributed by atoms with Gasteiger partial charge in [0.1, 0.15) is 10.8 Å². The highest BCUT2D eigenvalue weighted by molar-refractivity contribution is 7.14. The van der Waals surface area contributed by atoms with E-state index in [1.165, 1.54) is 0 Å². The number of hydrogen-bond donors (Lipinski definition) is 1. The predicted octanol–water partition coefficient (Wildman–Crippen LogP) is 2.00. The number of rotatable bonds is 4. The molecule has 0 spiro atoms. The number of aryl methyl sites for hydroxylation is 1. The summed E-state index contributed by atoms with van der Waals surface area (Å²) in [5, 5.41) is 17.1. The monoisotopic (exact) mass is 238 g/mol. The molecule has 0 unspecified atom stereocenters. The first-order chi connectivity index (χ1) is 7.66. The molecule has 0 bridgehead atoms. The second-order valence-corrected chi connectivity index (χ2v) is 4.89. The summed E-state index contributed by atoms with van der Waals surface area (Å²) >= 11 is 1.56. The fraction of sp³-hybridized carbons (Fsp3) is 0.500. The molecule has 0 amide bonds. The Morgan fingerprint density at radius 1 is 1.44 bits per heavy atom. The Bertz CT molecular complexity index is 463. The Morgan fingerprint density at radius 2 is 2.25 bits per heavy atom. The predicted molar refractivity (Wildman–Crippen MR) is 62.1 cm³/mol. The molecule has 86 valence electrons. The summed E-state index contributed by atoms with van der Waals surface area (Å²) in [6, 6.07) is 0.449. The number of nitrogens with zero attached hydrogens (tertiary/aromatic N) is 3. The van der Waals surface area contributed by atoms with Crippen molar-refractivity contribution < 1.29 is 4.52 Å². The first-order valence-corrected chi connectivity index (χ1v) is 5.96. The van der Waals surface area contributed by atoms with Crippen LogP contribution in [0, 0.1) is 6.92 Å². The van der Waals surface area contributed by atoms with Crippen LogP contribution in [0.1, 0.15) is 24.6 Å². The minimum Gasteiger partial charge on any atom is -0.361 e. The highest BCUT2D eigenvalue weighted by atomic mass is 32.1. The van der Waals surface area contributed by atoms with Crippen LogP contribution in [0.25, 0.3) is 10.6 Å². The number of hydrogen-bond acceptors (Lipinski definition) is 6. The molecule has 2 heterocycles. The van der Waals surface area contributed by atoms with Crippen molar-refractivity contribution in [2.24, 2.45) is 0 Å². The van der Waals surface area contributed by atoms with Crippen molar-refractivity contribution in [1.82, 2.24) is 20.7 Å². The van der Waals surface area contributed by atoms with Crippen molar-refractivity contribution in [3.8, 4) is 10.6 Å². The average molecular weight is 238 g/mol. The third-order valence-corrected chi connectivity index (χ3v) is 3.07. The molecule has 2 aromatic heterocycles. The van der Waals surface area contributed by atoms with Crippen LogP contribution in [-0.4, -0.2) is 21.4 Å². The number of nitrogens with one attached hydrogen (secondary N) is 1. The van der Waals surface area contributed by atoms with E-state index in [1.54, 1.807) is 17.5 Å². The van der Waals surface area contributed by atoms with Gasteiger partial charge in [0.05, 0.1) is 11.8 Å². The second kappa shape index (κ2) is 4.71. The molecule has 2 rings (SSSR count). The first-order valence-electron chi connectivity index (χ1n) is 5.14. The standard InChI is InChI=1S/C10H14N4OS/c1-6(2)11-5-9-13-14-10(16-9)8-4-12-15-7(8)3/h4,6,11H,5H2,1-3H3. The van der Waals surface area contributed by atoms with Gasteiger partial charge in [0, 0.05) is 12.6 Å². The van der Waals surface area contributed by atoms with Crippen molar-refractivity contribution >= 4 is 11.3 Å². The lowest BCUT2D eigenvalue weighted by atomic mass is 10.3. The molecule has 5 nitrogen and oxygen atoms in total. The zero-order valence-corrected chi connectivity index (χ0v) is 10.3. The Labute approximate surface area is 97.9 Å². The zero-order chi connectivity index (χ0) is 11.5. The van der Waals surface area contributed by atoms with Crippen LogP contribution in [0.15, 0.2) is 10.7 Å². The molecule has 0 aliphatic rings. The van der Waals surface area contributed by atoms with Crippen LogP contribution in [0.4, 0.5) is 0 Å². The first kappa shape index (κ1) is 11.2. The van der Waals surface area contributed by atoms with E-state index in [0.29, 0.717) is 6.04 Å². The SMILES string of the molecule is Cc1oncc1-c1nnc(CNC(C)C)s1. The molecule has 0 saturated carbocycles. The summed E-state index contributed by atoms with van der Waals surface area (Å²) in [4.78, 5) is 0. The van der Waals surface area contributed by atoms with Gasteiger partial charge >= 0.3 is 0 Å². The average Bonchev–Trinajstić information content (AvgIpc) is 2.83. The van der Waals surface area contributed by atoms with E-state index in [0.717, 1.165) is 27.9 Å². The van der Waals surface area contributed by atoms with E-state index in [4.69, 9.17) is 4.52 Å². The molecule has 2 aromatic rings. The number of aromatic nitrogens is 3. The van der Waals surface area contributed by atoms with Crippen LogP contribution in [-0.2, 0) is 6.54 Å². The molecule has 6 heteroatoms. The van der Waals surface area contributed by atoms with Gasteiger partial charge in [-0.1, -0.05) is 30.3 Å². The lowest BCUT2D eigenvalue weighted by Gasteiger charge is -2.03. The maximum Gasteiger partial charge on any atom is 0.153 e. The highest BCUT2D eigenvalue weighted by Crippen LogP contribution is 2.25. The van der Waals surface area contributed by atoms with Crippen LogP contribution >= 0.6 is 11.3 Å². The van der Waals surface area contributed by atoms with Crippen molar-refractivity contribution in [3.63, 3.8) is 0 Å². The molecule has 0 aliphatic heterocycles. The maximum absolute atomic E-state index is 5.00. The van der Waals surface area contributed by atoms with E-state index < -0.39 is 0 Å². The van der Waals surface area contributed by atoms with Crippen LogP contribution in [0.2, 0.25) is 0 Å². The molecular formula is C10H14N4OS. The summed E-state index contributed by atoms with van der Waals surface area (Å²) in [6.45, 7) is 6.83. The van der Waals surface area contributed by atoms with E-state index in [2.05, 4.69) is 34.5 Å². The maximum atomic E-state index is 5.00. The van der Waals surface area contributed by atoms with Crippen molar-refractivity contribution in [2.45, 2.75) is 33.4 Å². The minimum atomic E-state index is 0.449. The highest BCUT2D eigenvalue weighted by Gasteiger charge is 2.12. The fourth-order valence-electron chi connectivity index (χ4n) is 1.23. The lowest BCUT2D eigenvalue weighted by Crippen LogP contribution is -2.21. The molecule has 0 aromatic carbocycles. The topological polar surface area (TPSA) is 63.8 Å². The second-order valence-electron chi connectivity index (χ2n) is 3.83. The largest absolute Gasteiger partial charge is 0.361 e. The molecule has 1 N–H and O–H groups in total. The third-order valence-electron chi connectivity index (χ3n) is 2.11. The summed E-state index contributed by atoms with van der Waals surface area (Å²) < 4.78 is 5.00. The van der Waals surface area contributed by atoms with E-state index in [1.807, 2.05) is 6.92 Å². The zero-order valence-electron chi connectivity index (χ0n) is 9.52. The van der Waals surface area contributed by atoms with Crippen LogP contribution in [0.5, 0.6) is 0 Å². The quantitative estimate of drug-likeness (QED) is 0.882. The summed E-state index contributed by atoms with van der Waals surface area (Å²) in [7, 11) is 0. The Hall–Kier alpha value is -1.27. The van der Waals surface area contributed by atoms with Gasteiger partial charge in [0.2, 0.25) is 0 Å². The summed E-state index contributed by atoms with van der Waals surface area (Å²) in [5.41, 5.74) is 0.924. The molecule has 16 heavy (non-hydrogen) atoms. The normalized spacial score (nSPS) is 11.2. The van der Waals surface area contributed by atoms with Gasteiger partial charge in [-0.25, -0.2) is 0 Å². The van der Waals surface area contributed by atoms with Gasteiger partial charge in [0.15, 0.2) is 5.01 Å². The van der Waals surface area contributed by atoms with Gasteiger partial charge in [-0.05, 0) is 6.92 Å². The smallest absolute Gasteiger partial charge is 0.153 e. The van der Waals surface area contributed by atoms with Gasteiger partial charge < -0.3 is 9.84 Å². The van der Waals surface area contributed by atoms with Gasteiger partial charge in [0.25, 0.3) is 0 Å².